The number of carboxylic acids is 1. The second-order valence-corrected chi connectivity index (χ2v) is 6.15. The first kappa shape index (κ1) is 17.4. The lowest BCUT2D eigenvalue weighted by Gasteiger charge is -2.07. The van der Waals surface area contributed by atoms with Crippen molar-refractivity contribution in [1.29, 1.82) is 5.26 Å². The molecule has 0 saturated heterocycles. The van der Waals surface area contributed by atoms with Crippen LogP contribution in [0.15, 0.2) is 60.0 Å². The second kappa shape index (κ2) is 8.10. The molecule has 0 saturated carbocycles. The molecule has 0 fully saturated rings. The largest absolute Gasteiger partial charge is 0.481 e. The first-order valence-corrected chi connectivity index (χ1v) is 8.62. The summed E-state index contributed by atoms with van der Waals surface area (Å²) in [5.74, 6) is -0.654. The van der Waals surface area contributed by atoms with Gasteiger partial charge in [0.15, 0.2) is 6.61 Å². The fraction of sp³-hybridized carbons (Fsp3) is 0.0500. The lowest BCUT2D eigenvalue weighted by molar-refractivity contribution is -0.139. The molecule has 6 heteroatoms. The highest BCUT2D eigenvalue weighted by Gasteiger charge is 2.11. The zero-order chi connectivity index (χ0) is 18.4. The molecular formula is C20H14N2O3S. The van der Waals surface area contributed by atoms with Crippen LogP contribution in [0.4, 0.5) is 0 Å². The predicted molar refractivity (Wildman–Crippen MR) is 101 cm³/mol. The van der Waals surface area contributed by atoms with Crippen molar-refractivity contribution in [1.82, 2.24) is 4.98 Å². The maximum atomic E-state index is 10.7. The van der Waals surface area contributed by atoms with E-state index in [0.29, 0.717) is 21.9 Å². The third-order valence-electron chi connectivity index (χ3n) is 3.49. The SMILES string of the molecule is N#CC(=Cc1ccccc1OCC(=O)O)c1nc(-c2ccccc2)cs1. The molecule has 0 bridgehead atoms. The fourth-order valence-corrected chi connectivity index (χ4v) is 3.10. The Bertz CT molecular complexity index is 988. The predicted octanol–water partition coefficient (Wildman–Crippen LogP) is 4.34. The monoisotopic (exact) mass is 362 g/mol. The molecule has 0 aliphatic heterocycles. The number of carboxylic acid groups (broad SMARTS) is 1. The number of carbonyl (C=O) groups is 1. The summed E-state index contributed by atoms with van der Waals surface area (Å²) in [6.45, 7) is -0.442. The number of ether oxygens (including phenoxy) is 1. The van der Waals surface area contributed by atoms with Crippen molar-refractivity contribution in [3.8, 4) is 23.1 Å². The highest BCUT2D eigenvalue weighted by atomic mass is 32.1. The van der Waals surface area contributed by atoms with E-state index in [9.17, 15) is 10.1 Å². The summed E-state index contributed by atoms with van der Waals surface area (Å²) < 4.78 is 5.28. The number of thiazole rings is 1. The third kappa shape index (κ3) is 4.15. The first-order valence-electron chi connectivity index (χ1n) is 7.74. The van der Waals surface area contributed by atoms with E-state index in [-0.39, 0.29) is 0 Å². The van der Waals surface area contributed by atoms with E-state index in [4.69, 9.17) is 9.84 Å². The highest BCUT2D eigenvalue weighted by molar-refractivity contribution is 7.11. The van der Waals surface area contributed by atoms with E-state index in [1.165, 1.54) is 11.3 Å². The van der Waals surface area contributed by atoms with Gasteiger partial charge in [-0.1, -0.05) is 48.5 Å². The van der Waals surface area contributed by atoms with Gasteiger partial charge in [0.1, 0.15) is 16.8 Å². The maximum Gasteiger partial charge on any atom is 0.341 e. The van der Waals surface area contributed by atoms with Gasteiger partial charge in [-0.15, -0.1) is 11.3 Å². The lowest BCUT2D eigenvalue weighted by atomic mass is 10.1. The maximum absolute atomic E-state index is 10.7. The van der Waals surface area contributed by atoms with Crippen molar-refractivity contribution in [3.63, 3.8) is 0 Å². The van der Waals surface area contributed by atoms with Crippen molar-refractivity contribution in [2.75, 3.05) is 6.61 Å². The van der Waals surface area contributed by atoms with Gasteiger partial charge in [0.2, 0.25) is 0 Å². The van der Waals surface area contributed by atoms with Crippen molar-refractivity contribution in [3.05, 3.63) is 70.5 Å². The Balaban J connectivity index is 1.92. The Morgan fingerprint density at radius 2 is 1.92 bits per heavy atom. The van der Waals surface area contributed by atoms with E-state index in [0.717, 1.165) is 11.3 Å². The van der Waals surface area contributed by atoms with Crippen molar-refractivity contribution >= 4 is 29.0 Å². The van der Waals surface area contributed by atoms with E-state index in [1.54, 1.807) is 30.3 Å². The van der Waals surface area contributed by atoms with Crippen LogP contribution in [-0.4, -0.2) is 22.7 Å². The van der Waals surface area contributed by atoms with Crippen molar-refractivity contribution < 1.29 is 14.6 Å². The molecule has 128 valence electrons. The normalized spacial score (nSPS) is 11.0. The summed E-state index contributed by atoms with van der Waals surface area (Å²) in [5, 5.41) is 20.8. The van der Waals surface area contributed by atoms with E-state index in [1.807, 2.05) is 35.7 Å². The number of nitriles is 1. The molecule has 26 heavy (non-hydrogen) atoms. The Kier molecular flexibility index (Phi) is 5.42. The number of aliphatic carboxylic acids is 1. The number of rotatable bonds is 6. The molecule has 3 aromatic rings. The molecule has 0 radical (unpaired) electrons. The van der Waals surface area contributed by atoms with Crippen LogP contribution in [0.25, 0.3) is 22.9 Å². The summed E-state index contributed by atoms with van der Waals surface area (Å²) in [6.07, 6.45) is 1.66. The summed E-state index contributed by atoms with van der Waals surface area (Å²) in [6, 6.07) is 18.9. The fourth-order valence-electron chi connectivity index (χ4n) is 2.31. The van der Waals surface area contributed by atoms with Gasteiger partial charge in [0.05, 0.1) is 11.3 Å². The van der Waals surface area contributed by atoms with Gasteiger partial charge < -0.3 is 9.84 Å². The van der Waals surface area contributed by atoms with Gasteiger partial charge >= 0.3 is 5.97 Å². The molecule has 1 aromatic heterocycles. The van der Waals surface area contributed by atoms with Crippen LogP contribution in [0.2, 0.25) is 0 Å². The molecule has 3 rings (SSSR count). The number of hydrogen-bond donors (Lipinski definition) is 1. The van der Waals surface area contributed by atoms with E-state index >= 15 is 0 Å². The molecule has 1 heterocycles. The molecule has 0 aliphatic carbocycles. The average molecular weight is 362 g/mol. The number of para-hydroxylation sites is 1. The van der Waals surface area contributed by atoms with E-state index in [2.05, 4.69) is 11.1 Å². The number of aromatic nitrogens is 1. The second-order valence-electron chi connectivity index (χ2n) is 5.29. The minimum Gasteiger partial charge on any atom is -0.481 e. The van der Waals surface area contributed by atoms with Crippen LogP contribution in [0.3, 0.4) is 0 Å². The van der Waals surface area contributed by atoms with Crippen LogP contribution in [0.5, 0.6) is 5.75 Å². The number of nitrogens with zero attached hydrogens (tertiary/aromatic N) is 2. The van der Waals surface area contributed by atoms with Crippen LogP contribution < -0.4 is 4.74 Å². The molecule has 0 amide bonds. The van der Waals surface area contributed by atoms with Crippen molar-refractivity contribution in [2.24, 2.45) is 0 Å². The van der Waals surface area contributed by atoms with Gasteiger partial charge in [0.25, 0.3) is 0 Å². The summed E-state index contributed by atoms with van der Waals surface area (Å²) in [4.78, 5) is 15.3. The van der Waals surface area contributed by atoms with Gasteiger partial charge in [0, 0.05) is 16.5 Å². The summed E-state index contributed by atoms with van der Waals surface area (Å²) in [5.41, 5.74) is 2.81. The number of allylic oxidation sites excluding steroid dienone is 1. The minimum absolute atomic E-state index is 0.392. The molecular weight excluding hydrogens is 348 g/mol. The summed E-state index contributed by atoms with van der Waals surface area (Å²) >= 11 is 1.38. The Morgan fingerprint density at radius 3 is 2.65 bits per heavy atom. The van der Waals surface area contributed by atoms with Crippen LogP contribution in [0.1, 0.15) is 10.6 Å². The lowest BCUT2D eigenvalue weighted by Crippen LogP contribution is -2.09. The van der Waals surface area contributed by atoms with Crippen LogP contribution in [0, 0.1) is 11.3 Å². The van der Waals surface area contributed by atoms with Gasteiger partial charge in [-0.3, -0.25) is 0 Å². The van der Waals surface area contributed by atoms with Crippen LogP contribution >= 0.6 is 11.3 Å². The number of benzene rings is 2. The average Bonchev–Trinajstić information content (AvgIpc) is 3.16. The number of hydrogen-bond acceptors (Lipinski definition) is 5. The molecule has 2 aromatic carbocycles. The first-order chi connectivity index (χ1) is 12.7. The molecule has 0 aliphatic rings. The van der Waals surface area contributed by atoms with Gasteiger partial charge in [-0.05, 0) is 12.1 Å². The zero-order valence-corrected chi connectivity index (χ0v) is 14.4. The Hall–Kier alpha value is -3.43. The molecule has 0 unspecified atom stereocenters. The topological polar surface area (TPSA) is 83.2 Å². The van der Waals surface area contributed by atoms with Crippen molar-refractivity contribution in [2.45, 2.75) is 0 Å². The van der Waals surface area contributed by atoms with Crippen LogP contribution in [-0.2, 0) is 4.79 Å². The molecule has 5 nitrogen and oxygen atoms in total. The summed E-state index contributed by atoms with van der Waals surface area (Å²) in [7, 11) is 0. The Morgan fingerprint density at radius 1 is 1.19 bits per heavy atom. The van der Waals surface area contributed by atoms with E-state index < -0.39 is 12.6 Å². The quantitative estimate of drug-likeness (QED) is 0.660. The molecule has 0 spiro atoms. The highest BCUT2D eigenvalue weighted by Crippen LogP contribution is 2.29. The van der Waals surface area contributed by atoms with Gasteiger partial charge in [-0.2, -0.15) is 5.26 Å². The smallest absolute Gasteiger partial charge is 0.341 e. The minimum atomic E-state index is -1.06. The third-order valence-corrected chi connectivity index (χ3v) is 4.37. The molecule has 0 atom stereocenters. The Labute approximate surface area is 154 Å². The molecule has 1 N–H and O–H groups in total. The standard InChI is InChI=1S/C20H14N2O3S/c21-11-16(10-15-8-4-5-9-18(15)25-12-19(23)24)20-22-17(13-26-20)14-6-2-1-3-7-14/h1-10,13H,12H2,(H,23,24). The van der Waals surface area contributed by atoms with Gasteiger partial charge in [-0.25, -0.2) is 9.78 Å². The zero-order valence-electron chi connectivity index (χ0n) is 13.6.